The highest BCUT2D eigenvalue weighted by Gasteiger charge is 2.33. The third-order valence-electron chi connectivity index (χ3n) is 3.11. The summed E-state index contributed by atoms with van der Waals surface area (Å²) in [5, 5.41) is -0.464. The number of hydrogen-bond acceptors (Lipinski definition) is 3. The molecule has 0 bridgehead atoms. The van der Waals surface area contributed by atoms with E-state index in [-0.39, 0.29) is 5.91 Å². The molecule has 1 amide bonds. The molecule has 1 aliphatic heterocycles. The number of likely N-dealkylation sites (tertiary alicyclic amines) is 1. The lowest BCUT2D eigenvalue weighted by molar-refractivity contribution is -0.115. The van der Waals surface area contributed by atoms with Gasteiger partial charge in [-0.1, -0.05) is 0 Å². The predicted molar refractivity (Wildman–Crippen MR) is 67.9 cm³/mol. The number of amides is 1. The Morgan fingerprint density at radius 3 is 2.56 bits per heavy atom. The molecule has 18 heavy (non-hydrogen) atoms. The molecule has 1 aromatic rings. The van der Waals surface area contributed by atoms with Crippen LogP contribution < -0.4 is 4.74 Å². The first-order valence-electron chi connectivity index (χ1n) is 5.78. The number of methoxy groups -OCH3 is 1. The van der Waals surface area contributed by atoms with Crippen molar-refractivity contribution in [1.82, 2.24) is 4.90 Å². The van der Waals surface area contributed by atoms with E-state index < -0.39 is 11.3 Å². The Morgan fingerprint density at radius 2 is 2.00 bits per heavy atom. The molecule has 5 heteroatoms. The van der Waals surface area contributed by atoms with Crippen LogP contribution in [-0.2, 0) is 4.79 Å². The Labute approximate surface area is 110 Å². The zero-order chi connectivity index (χ0) is 13.1. The number of rotatable bonds is 3. The van der Waals surface area contributed by atoms with Crippen molar-refractivity contribution in [3.63, 3.8) is 0 Å². The number of carbonyl (C=O) groups is 2. The molecule has 1 heterocycles. The van der Waals surface area contributed by atoms with Gasteiger partial charge in [0, 0.05) is 12.1 Å². The molecule has 1 aliphatic rings. The lowest BCUT2D eigenvalue weighted by Gasteiger charge is -2.21. The van der Waals surface area contributed by atoms with Gasteiger partial charge >= 0.3 is 0 Å². The van der Waals surface area contributed by atoms with E-state index in [1.54, 1.807) is 31.4 Å². The fourth-order valence-corrected chi connectivity index (χ4v) is 2.37. The molecule has 4 nitrogen and oxygen atoms in total. The van der Waals surface area contributed by atoms with E-state index in [0.717, 1.165) is 6.42 Å². The first kappa shape index (κ1) is 12.9. The summed E-state index contributed by atoms with van der Waals surface area (Å²) in [7, 11) is 1.57. The zero-order valence-corrected chi connectivity index (χ0v) is 10.8. The quantitative estimate of drug-likeness (QED) is 0.788. The van der Waals surface area contributed by atoms with Gasteiger partial charge in [-0.15, -0.1) is 0 Å². The molecular formula is C13H14ClNO3. The van der Waals surface area contributed by atoms with Crippen molar-refractivity contribution in [3.8, 4) is 5.75 Å². The van der Waals surface area contributed by atoms with Gasteiger partial charge in [-0.3, -0.25) is 9.59 Å². The van der Waals surface area contributed by atoms with Crippen LogP contribution in [-0.4, -0.2) is 35.7 Å². The topological polar surface area (TPSA) is 46.6 Å². The van der Waals surface area contributed by atoms with Gasteiger partial charge in [-0.05, 0) is 48.7 Å². The Morgan fingerprint density at radius 1 is 1.33 bits per heavy atom. The number of hydrogen-bond donors (Lipinski definition) is 0. The molecule has 1 fully saturated rings. The van der Waals surface area contributed by atoms with E-state index >= 15 is 0 Å². The van der Waals surface area contributed by atoms with Crippen molar-refractivity contribution < 1.29 is 14.3 Å². The van der Waals surface area contributed by atoms with E-state index in [1.165, 1.54) is 4.90 Å². The van der Waals surface area contributed by atoms with E-state index in [0.29, 0.717) is 24.3 Å². The molecule has 1 aromatic carbocycles. The molecule has 0 aromatic heterocycles. The minimum atomic E-state index is -0.485. The maximum atomic E-state index is 12.2. The third-order valence-corrected chi connectivity index (χ3v) is 3.36. The van der Waals surface area contributed by atoms with Crippen molar-refractivity contribution in [2.45, 2.75) is 18.9 Å². The highest BCUT2D eigenvalue weighted by Crippen LogP contribution is 2.22. The molecule has 0 spiro atoms. The highest BCUT2D eigenvalue weighted by molar-refractivity contribution is 6.64. The summed E-state index contributed by atoms with van der Waals surface area (Å²) in [6, 6.07) is 6.34. The highest BCUT2D eigenvalue weighted by atomic mass is 35.5. The van der Waals surface area contributed by atoms with E-state index in [2.05, 4.69) is 0 Å². The summed E-state index contributed by atoms with van der Waals surface area (Å²) < 4.78 is 5.03. The number of nitrogens with zero attached hydrogens (tertiary/aromatic N) is 1. The number of benzene rings is 1. The SMILES string of the molecule is COc1ccc(C(=O)N2CCCC2C(=O)Cl)cc1. The van der Waals surface area contributed by atoms with Crippen LogP contribution in [0.5, 0.6) is 5.75 Å². The summed E-state index contributed by atoms with van der Waals surface area (Å²) in [6.07, 6.45) is 1.45. The number of halogens is 1. The van der Waals surface area contributed by atoms with Crippen LogP contribution >= 0.6 is 11.6 Å². The lowest BCUT2D eigenvalue weighted by Crippen LogP contribution is -2.38. The first-order chi connectivity index (χ1) is 8.63. The van der Waals surface area contributed by atoms with E-state index in [1.807, 2.05) is 0 Å². The van der Waals surface area contributed by atoms with Crippen LogP contribution in [0.2, 0.25) is 0 Å². The molecule has 0 N–H and O–H groups in total. The lowest BCUT2D eigenvalue weighted by atomic mass is 10.1. The minimum absolute atomic E-state index is 0.158. The van der Waals surface area contributed by atoms with Gasteiger partial charge in [-0.25, -0.2) is 0 Å². The van der Waals surface area contributed by atoms with Gasteiger partial charge < -0.3 is 9.64 Å². The molecule has 0 aliphatic carbocycles. The van der Waals surface area contributed by atoms with Crippen LogP contribution in [0.25, 0.3) is 0 Å². The van der Waals surface area contributed by atoms with Crippen molar-refractivity contribution in [2.75, 3.05) is 13.7 Å². The van der Waals surface area contributed by atoms with Crippen LogP contribution in [0.15, 0.2) is 24.3 Å². The predicted octanol–water partition coefficient (Wildman–Crippen LogP) is 2.07. The van der Waals surface area contributed by atoms with Gasteiger partial charge in [0.2, 0.25) is 5.24 Å². The fraction of sp³-hybridized carbons (Fsp3) is 0.385. The zero-order valence-electron chi connectivity index (χ0n) is 10.1. The molecule has 1 saturated heterocycles. The van der Waals surface area contributed by atoms with Crippen LogP contribution in [0.1, 0.15) is 23.2 Å². The Kier molecular flexibility index (Phi) is 3.87. The largest absolute Gasteiger partial charge is 0.497 e. The van der Waals surface area contributed by atoms with Crippen molar-refractivity contribution in [2.24, 2.45) is 0 Å². The fourth-order valence-electron chi connectivity index (χ4n) is 2.15. The smallest absolute Gasteiger partial charge is 0.254 e. The first-order valence-corrected chi connectivity index (χ1v) is 6.15. The summed E-state index contributed by atoms with van der Waals surface area (Å²) in [5.41, 5.74) is 0.542. The van der Waals surface area contributed by atoms with Crippen molar-refractivity contribution in [3.05, 3.63) is 29.8 Å². The van der Waals surface area contributed by atoms with Gasteiger partial charge in [0.15, 0.2) is 0 Å². The monoisotopic (exact) mass is 267 g/mol. The molecule has 1 unspecified atom stereocenters. The van der Waals surface area contributed by atoms with Crippen LogP contribution in [0.3, 0.4) is 0 Å². The Hall–Kier alpha value is -1.55. The molecule has 96 valence electrons. The van der Waals surface area contributed by atoms with E-state index in [9.17, 15) is 9.59 Å². The third kappa shape index (κ3) is 2.48. The molecule has 1 atom stereocenters. The average molecular weight is 268 g/mol. The van der Waals surface area contributed by atoms with Crippen molar-refractivity contribution in [1.29, 1.82) is 0 Å². The molecular weight excluding hydrogens is 254 g/mol. The van der Waals surface area contributed by atoms with Crippen LogP contribution in [0.4, 0.5) is 0 Å². The maximum absolute atomic E-state index is 12.2. The summed E-state index contributed by atoms with van der Waals surface area (Å²) in [5.74, 6) is 0.534. The second kappa shape index (κ2) is 5.40. The van der Waals surface area contributed by atoms with Gasteiger partial charge in [0.05, 0.1) is 7.11 Å². The second-order valence-corrected chi connectivity index (χ2v) is 4.56. The summed E-state index contributed by atoms with van der Waals surface area (Å²) >= 11 is 5.51. The Bertz CT molecular complexity index is 458. The van der Waals surface area contributed by atoms with Gasteiger partial charge in [0.25, 0.3) is 5.91 Å². The number of carbonyl (C=O) groups excluding carboxylic acids is 2. The average Bonchev–Trinajstić information content (AvgIpc) is 2.87. The van der Waals surface area contributed by atoms with Crippen LogP contribution in [0, 0.1) is 0 Å². The maximum Gasteiger partial charge on any atom is 0.254 e. The minimum Gasteiger partial charge on any atom is -0.497 e. The standard InChI is InChI=1S/C13H14ClNO3/c1-18-10-6-4-9(5-7-10)13(17)15-8-2-3-11(15)12(14)16/h4-7,11H,2-3,8H2,1H3. The Balaban J connectivity index is 2.17. The molecule has 0 radical (unpaired) electrons. The van der Waals surface area contributed by atoms with Crippen molar-refractivity contribution >= 4 is 22.8 Å². The second-order valence-electron chi connectivity index (χ2n) is 4.19. The normalized spacial score (nSPS) is 18.8. The van der Waals surface area contributed by atoms with Gasteiger partial charge in [0.1, 0.15) is 11.8 Å². The van der Waals surface area contributed by atoms with Gasteiger partial charge in [-0.2, -0.15) is 0 Å². The van der Waals surface area contributed by atoms with E-state index in [4.69, 9.17) is 16.3 Å². The number of ether oxygens (including phenoxy) is 1. The summed E-state index contributed by atoms with van der Waals surface area (Å²) in [4.78, 5) is 25.0. The molecule has 2 rings (SSSR count). The molecule has 0 saturated carbocycles. The summed E-state index contributed by atoms with van der Waals surface area (Å²) in [6.45, 7) is 0.577.